The number of phenolic OH excluding ortho intramolecular Hbond substituents is 2. The van der Waals surface area contributed by atoms with Crippen LogP contribution in [0.3, 0.4) is 0 Å². The van der Waals surface area contributed by atoms with Gasteiger partial charge in [-0.25, -0.2) is 4.79 Å². The van der Waals surface area contributed by atoms with E-state index in [0.29, 0.717) is 38.6 Å². The lowest BCUT2D eigenvalue weighted by atomic mass is 9.83. The second-order valence-corrected chi connectivity index (χ2v) is 18.5. The summed E-state index contributed by atoms with van der Waals surface area (Å²) in [5.74, 6) is -0.218. The fourth-order valence-corrected chi connectivity index (χ4v) is 6.49. The number of aromatic hydroxyl groups is 2. The summed E-state index contributed by atoms with van der Waals surface area (Å²) in [6.45, 7) is 25.3. The number of ether oxygens (including phenoxy) is 6. The Hall–Kier alpha value is -3.44. The average Bonchev–Trinajstić information content (AvgIpc) is 3.06. The van der Waals surface area contributed by atoms with Gasteiger partial charge >= 0.3 is 11.9 Å². The van der Waals surface area contributed by atoms with Gasteiger partial charge in [0.2, 0.25) is 0 Å². The van der Waals surface area contributed by atoms with Crippen molar-refractivity contribution < 1.29 is 48.2 Å². The highest BCUT2D eigenvalue weighted by Crippen LogP contribution is 2.39. The minimum Gasteiger partial charge on any atom is -0.507 e. The maximum Gasteiger partial charge on any atom is 0.330 e. The number of rotatable bonds is 11. The first-order valence-electron chi connectivity index (χ1n) is 18.6. The van der Waals surface area contributed by atoms with Crippen molar-refractivity contribution in [1.82, 2.24) is 0 Å². The van der Waals surface area contributed by atoms with E-state index < -0.39 is 34.8 Å². The van der Waals surface area contributed by atoms with Gasteiger partial charge in [0.1, 0.15) is 24.7 Å². The van der Waals surface area contributed by atoms with Gasteiger partial charge in [-0.3, -0.25) is 4.79 Å². The van der Waals surface area contributed by atoms with Crippen molar-refractivity contribution in [2.24, 2.45) is 16.2 Å². The van der Waals surface area contributed by atoms with Crippen molar-refractivity contribution in [2.45, 2.75) is 119 Å². The van der Waals surface area contributed by atoms with Crippen LogP contribution in [0.25, 0.3) is 6.08 Å². The zero-order chi connectivity index (χ0) is 39.6. The van der Waals surface area contributed by atoms with Crippen LogP contribution in [0.15, 0.2) is 30.3 Å². The van der Waals surface area contributed by atoms with Crippen LogP contribution in [0.4, 0.5) is 0 Å². The van der Waals surface area contributed by atoms with E-state index in [9.17, 15) is 19.8 Å². The van der Waals surface area contributed by atoms with Crippen LogP contribution >= 0.6 is 0 Å². The molecule has 2 heterocycles. The fourth-order valence-electron chi connectivity index (χ4n) is 6.49. The molecule has 10 heteroatoms. The largest absolute Gasteiger partial charge is 0.507 e. The van der Waals surface area contributed by atoms with E-state index >= 15 is 0 Å². The maximum absolute atomic E-state index is 12.7. The Balaban J connectivity index is 1.21. The highest BCUT2D eigenvalue weighted by atomic mass is 16.7. The standard InChI is InChI=1S/C43H62O10/c1-27-17-29(19-31(35(27)46)39(3,4)5)13-15-33(44)48-21-41(9,10)37-50-23-43(24-51-37)25-52-38(53-26-43)42(11,12)22-49-34(45)16-14-30-18-28(2)36(47)32(20-30)40(6,7)8/h13,15,17-20,37-38,46-47H,14,16,21-26H2,1-12H3. The van der Waals surface area contributed by atoms with Crippen LogP contribution < -0.4 is 0 Å². The SMILES string of the molecule is Cc1cc(C=CC(=O)OCC(C)(C)C2OCC3(CO2)COC(C(C)(C)COC(=O)CCc2cc(C)c(O)c(C(C)(C)C)c2)OC3)cc(C(C)(C)C)c1O. The number of hydrogen-bond acceptors (Lipinski definition) is 10. The number of esters is 2. The fraction of sp³-hybridized carbons (Fsp3) is 0.628. The summed E-state index contributed by atoms with van der Waals surface area (Å²) in [7, 11) is 0. The lowest BCUT2D eigenvalue weighted by molar-refractivity contribution is -0.337. The number of benzene rings is 2. The zero-order valence-electron chi connectivity index (χ0n) is 33.9. The van der Waals surface area contributed by atoms with E-state index in [0.717, 1.165) is 33.4 Å². The molecular weight excluding hydrogens is 676 g/mol. The normalized spacial score (nSPS) is 21.6. The molecule has 2 fully saturated rings. The highest BCUT2D eigenvalue weighted by molar-refractivity contribution is 5.87. The lowest BCUT2D eigenvalue weighted by Crippen LogP contribution is -2.57. The lowest BCUT2D eigenvalue weighted by Gasteiger charge is -2.48. The molecule has 0 amide bonds. The molecule has 2 N–H and O–H groups in total. The first kappa shape index (κ1) is 42.3. The molecule has 0 atom stereocenters. The molecule has 0 aromatic heterocycles. The van der Waals surface area contributed by atoms with Crippen molar-refractivity contribution in [3.63, 3.8) is 0 Å². The summed E-state index contributed by atoms with van der Waals surface area (Å²) >= 11 is 0. The molecule has 2 aliphatic heterocycles. The predicted molar refractivity (Wildman–Crippen MR) is 204 cm³/mol. The maximum atomic E-state index is 12.7. The molecule has 0 saturated carbocycles. The van der Waals surface area contributed by atoms with E-state index in [1.165, 1.54) is 6.08 Å². The molecule has 2 aromatic carbocycles. The summed E-state index contributed by atoms with van der Waals surface area (Å²) < 4.78 is 36.0. The van der Waals surface area contributed by atoms with Crippen molar-refractivity contribution >= 4 is 18.0 Å². The second kappa shape index (κ2) is 16.1. The van der Waals surface area contributed by atoms with Crippen LogP contribution in [0.2, 0.25) is 0 Å². The van der Waals surface area contributed by atoms with Gasteiger partial charge in [0.25, 0.3) is 0 Å². The van der Waals surface area contributed by atoms with Crippen LogP contribution in [-0.2, 0) is 55.3 Å². The summed E-state index contributed by atoms with van der Waals surface area (Å²) in [4.78, 5) is 25.4. The summed E-state index contributed by atoms with van der Waals surface area (Å²) in [5, 5.41) is 21.0. The molecule has 294 valence electrons. The molecule has 0 radical (unpaired) electrons. The zero-order valence-corrected chi connectivity index (χ0v) is 33.9. The summed E-state index contributed by atoms with van der Waals surface area (Å²) in [6, 6.07) is 7.61. The minimum atomic E-state index is -0.625. The smallest absolute Gasteiger partial charge is 0.330 e. The van der Waals surface area contributed by atoms with Crippen LogP contribution in [0.5, 0.6) is 11.5 Å². The van der Waals surface area contributed by atoms with E-state index in [1.807, 2.05) is 86.6 Å². The molecule has 1 spiro atoms. The Morgan fingerprint density at radius 3 is 1.66 bits per heavy atom. The molecule has 2 saturated heterocycles. The Morgan fingerprint density at radius 2 is 1.17 bits per heavy atom. The topological polar surface area (TPSA) is 130 Å². The van der Waals surface area contributed by atoms with Crippen LogP contribution in [0, 0.1) is 30.1 Å². The number of hydrogen-bond donors (Lipinski definition) is 2. The van der Waals surface area contributed by atoms with E-state index in [2.05, 4.69) is 20.8 Å². The van der Waals surface area contributed by atoms with Gasteiger partial charge < -0.3 is 38.6 Å². The molecule has 0 bridgehead atoms. The monoisotopic (exact) mass is 738 g/mol. The van der Waals surface area contributed by atoms with E-state index in [4.69, 9.17) is 28.4 Å². The number of carbonyl (C=O) groups excluding carboxylic acids is 2. The third-order valence-electron chi connectivity index (χ3n) is 9.96. The molecule has 0 unspecified atom stereocenters. The van der Waals surface area contributed by atoms with Gasteiger partial charge in [0.05, 0.1) is 31.8 Å². The Kier molecular flexibility index (Phi) is 12.9. The third kappa shape index (κ3) is 10.8. The van der Waals surface area contributed by atoms with Crippen molar-refractivity contribution in [3.05, 3.63) is 63.7 Å². The Labute approximate surface area is 316 Å². The van der Waals surface area contributed by atoms with E-state index in [-0.39, 0.29) is 42.2 Å². The van der Waals surface area contributed by atoms with Crippen LogP contribution in [-0.4, -0.2) is 74.4 Å². The summed E-state index contributed by atoms with van der Waals surface area (Å²) in [5.41, 5.74) is 2.83. The first-order chi connectivity index (χ1) is 24.4. The van der Waals surface area contributed by atoms with Gasteiger partial charge in [-0.15, -0.1) is 0 Å². The molecule has 10 nitrogen and oxygen atoms in total. The Morgan fingerprint density at radius 1 is 0.717 bits per heavy atom. The van der Waals surface area contributed by atoms with Gasteiger partial charge in [-0.05, 0) is 77.1 Å². The van der Waals surface area contributed by atoms with Gasteiger partial charge in [0, 0.05) is 28.9 Å². The molecule has 4 rings (SSSR count). The molecule has 2 aromatic rings. The minimum absolute atomic E-state index is 0.0875. The predicted octanol–water partition coefficient (Wildman–Crippen LogP) is 7.83. The van der Waals surface area contributed by atoms with Gasteiger partial charge in [-0.2, -0.15) is 0 Å². The molecule has 0 aliphatic carbocycles. The van der Waals surface area contributed by atoms with Crippen LogP contribution in [0.1, 0.15) is 109 Å². The van der Waals surface area contributed by atoms with Crippen molar-refractivity contribution in [3.8, 4) is 11.5 Å². The van der Waals surface area contributed by atoms with Crippen molar-refractivity contribution in [2.75, 3.05) is 39.6 Å². The first-order valence-corrected chi connectivity index (χ1v) is 18.6. The molecular formula is C43H62O10. The number of aryl methyl sites for hydroxylation is 3. The quantitative estimate of drug-likeness (QED) is 0.174. The second-order valence-electron chi connectivity index (χ2n) is 18.5. The molecule has 2 aliphatic rings. The number of carbonyl (C=O) groups is 2. The van der Waals surface area contributed by atoms with Crippen molar-refractivity contribution in [1.29, 1.82) is 0 Å². The van der Waals surface area contributed by atoms with E-state index in [1.54, 1.807) is 6.08 Å². The third-order valence-corrected chi connectivity index (χ3v) is 9.96. The number of phenols is 2. The highest BCUT2D eigenvalue weighted by Gasteiger charge is 2.48. The van der Waals surface area contributed by atoms with Gasteiger partial charge in [-0.1, -0.05) is 81.4 Å². The Bertz CT molecular complexity index is 1640. The summed E-state index contributed by atoms with van der Waals surface area (Å²) in [6.07, 6.45) is 2.64. The average molecular weight is 739 g/mol. The van der Waals surface area contributed by atoms with Gasteiger partial charge in [0.15, 0.2) is 12.6 Å². The molecule has 53 heavy (non-hydrogen) atoms.